The van der Waals surface area contributed by atoms with Crippen molar-refractivity contribution in [1.82, 2.24) is 4.98 Å². The van der Waals surface area contributed by atoms with E-state index in [4.69, 9.17) is 4.74 Å². The molecule has 0 aliphatic carbocycles. The molecule has 0 atom stereocenters. The summed E-state index contributed by atoms with van der Waals surface area (Å²) in [5, 5.41) is 2.94. The molecule has 0 amide bonds. The van der Waals surface area contributed by atoms with Crippen molar-refractivity contribution in [3.8, 4) is 16.3 Å². The second kappa shape index (κ2) is 4.28. The maximum absolute atomic E-state index is 5.28. The second-order valence-corrected chi connectivity index (χ2v) is 3.84. The topological polar surface area (TPSA) is 22.1 Å². The maximum atomic E-state index is 5.28. The number of para-hydroxylation sites is 1. The van der Waals surface area contributed by atoms with Gasteiger partial charge in [0.2, 0.25) is 0 Å². The number of benzene rings is 1. The van der Waals surface area contributed by atoms with E-state index in [0.717, 1.165) is 22.0 Å². The van der Waals surface area contributed by atoms with Crippen LogP contribution in [0.15, 0.2) is 36.2 Å². The Kier molecular flexibility index (Phi) is 2.83. The van der Waals surface area contributed by atoms with Crippen LogP contribution in [0.4, 0.5) is 0 Å². The van der Waals surface area contributed by atoms with Crippen molar-refractivity contribution in [2.24, 2.45) is 0 Å². The Morgan fingerprint density at radius 2 is 2.20 bits per heavy atom. The molecule has 76 valence electrons. The average molecular weight is 217 g/mol. The average Bonchev–Trinajstić information content (AvgIpc) is 2.77. The van der Waals surface area contributed by atoms with Crippen LogP contribution < -0.4 is 4.74 Å². The van der Waals surface area contributed by atoms with Crippen LogP contribution in [0, 0.1) is 0 Å². The molecule has 2 nitrogen and oxygen atoms in total. The number of methoxy groups -OCH3 is 1. The fourth-order valence-electron chi connectivity index (χ4n) is 1.32. The summed E-state index contributed by atoms with van der Waals surface area (Å²) in [6, 6.07) is 7.87. The molecule has 0 aliphatic rings. The number of thiazole rings is 1. The molecule has 2 aromatic rings. The first-order valence-corrected chi connectivity index (χ1v) is 5.44. The lowest BCUT2D eigenvalue weighted by Crippen LogP contribution is -1.86. The van der Waals surface area contributed by atoms with Crippen molar-refractivity contribution in [3.63, 3.8) is 0 Å². The summed E-state index contributed by atoms with van der Waals surface area (Å²) in [5.74, 6) is 0.850. The number of ether oxygens (including phenoxy) is 1. The summed E-state index contributed by atoms with van der Waals surface area (Å²) in [6.07, 6.45) is 1.75. The normalized spacial score (nSPS) is 9.93. The fourth-order valence-corrected chi connectivity index (χ4v) is 2.16. The number of rotatable bonds is 3. The highest BCUT2D eigenvalue weighted by Gasteiger charge is 2.07. The Morgan fingerprint density at radius 3 is 2.87 bits per heavy atom. The van der Waals surface area contributed by atoms with Gasteiger partial charge in [-0.15, -0.1) is 11.3 Å². The molecule has 0 aliphatic heterocycles. The molecule has 15 heavy (non-hydrogen) atoms. The van der Waals surface area contributed by atoms with E-state index in [2.05, 4.69) is 11.6 Å². The lowest BCUT2D eigenvalue weighted by atomic mass is 10.2. The minimum Gasteiger partial charge on any atom is -0.496 e. The molecule has 0 unspecified atom stereocenters. The van der Waals surface area contributed by atoms with E-state index in [1.807, 2.05) is 29.6 Å². The molecular weight excluding hydrogens is 206 g/mol. The molecule has 0 saturated heterocycles. The van der Waals surface area contributed by atoms with Gasteiger partial charge in [-0.2, -0.15) is 0 Å². The number of hydrogen-bond acceptors (Lipinski definition) is 3. The van der Waals surface area contributed by atoms with Crippen LogP contribution in [0.5, 0.6) is 5.75 Å². The van der Waals surface area contributed by atoms with E-state index < -0.39 is 0 Å². The highest BCUT2D eigenvalue weighted by Crippen LogP contribution is 2.31. The second-order valence-electron chi connectivity index (χ2n) is 2.98. The third-order valence-corrected chi connectivity index (χ3v) is 2.96. The van der Waals surface area contributed by atoms with Gasteiger partial charge in [0.25, 0.3) is 0 Å². The van der Waals surface area contributed by atoms with Crippen LogP contribution in [0.1, 0.15) is 5.69 Å². The lowest BCUT2D eigenvalue weighted by molar-refractivity contribution is 0.416. The largest absolute Gasteiger partial charge is 0.496 e. The van der Waals surface area contributed by atoms with Gasteiger partial charge in [0, 0.05) is 5.38 Å². The summed E-state index contributed by atoms with van der Waals surface area (Å²) in [7, 11) is 1.67. The SMILES string of the molecule is C=Cc1csc(-c2ccccc2OC)n1. The summed E-state index contributed by atoms with van der Waals surface area (Å²) < 4.78 is 5.28. The van der Waals surface area contributed by atoms with E-state index in [-0.39, 0.29) is 0 Å². The van der Waals surface area contributed by atoms with Crippen molar-refractivity contribution >= 4 is 17.4 Å². The Balaban J connectivity index is 2.48. The molecule has 1 heterocycles. The van der Waals surface area contributed by atoms with Crippen molar-refractivity contribution in [1.29, 1.82) is 0 Å². The van der Waals surface area contributed by atoms with Gasteiger partial charge in [-0.3, -0.25) is 0 Å². The zero-order valence-electron chi connectivity index (χ0n) is 8.43. The van der Waals surface area contributed by atoms with E-state index in [0.29, 0.717) is 0 Å². The standard InChI is InChI=1S/C12H11NOS/c1-3-9-8-15-12(13-9)10-6-4-5-7-11(10)14-2/h3-8H,1H2,2H3. The van der Waals surface area contributed by atoms with Gasteiger partial charge < -0.3 is 4.74 Å². The maximum Gasteiger partial charge on any atom is 0.129 e. The van der Waals surface area contributed by atoms with Crippen molar-refractivity contribution in [2.75, 3.05) is 7.11 Å². The van der Waals surface area contributed by atoms with Gasteiger partial charge >= 0.3 is 0 Å². The van der Waals surface area contributed by atoms with Crippen LogP contribution in [-0.4, -0.2) is 12.1 Å². The molecule has 1 aromatic carbocycles. The molecule has 0 N–H and O–H groups in total. The zero-order chi connectivity index (χ0) is 10.7. The van der Waals surface area contributed by atoms with Crippen molar-refractivity contribution in [2.45, 2.75) is 0 Å². The first-order chi connectivity index (χ1) is 7.35. The number of hydrogen-bond donors (Lipinski definition) is 0. The predicted octanol–water partition coefficient (Wildman–Crippen LogP) is 3.46. The van der Waals surface area contributed by atoms with Gasteiger partial charge in [-0.25, -0.2) is 4.98 Å². The van der Waals surface area contributed by atoms with Gasteiger partial charge in [-0.1, -0.05) is 18.7 Å². The first-order valence-electron chi connectivity index (χ1n) is 4.56. The third kappa shape index (κ3) is 1.92. The number of nitrogens with zero attached hydrogens (tertiary/aromatic N) is 1. The predicted molar refractivity (Wildman–Crippen MR) is 64.2 cm³/mol. The summed E-state index contributed by atoms with van der Waals surface area (Å²) in [6.45, 7) is 3.69. The molecule has 0 radical (unpaired) electrons. The van der Waals surface area contributed by atoms with Crippen molar-refractivity contribution in [3.05, 3.63) is 41.9 Å². The molecule has 0 saturated carbocycles. The lowest BCUT2D eigenvalue weighted by Gasteiger charge is -2.04. The monoisotopic (exact) mass is 217 g/mol. The van der Waals surface area contributed by atoms with Crippen LogP contribution in [0.25, 0.3) is 16.6 Å². The van der Waals surface area contributed by atoms with Gasteiger partial charge in [0.1, 0.15) is 10.8 Å². The Bertz CT molecular complexity index is 476. The highest BCUT2D eigenvalue weighted by molar-refractivity contribution is 7.13. The van der Waals surface area contributed by atoms with Gasteiger partial charge in [0.05, 0.1) is 18.4 Å². The van der Waals surface area contributed by atoms with E-state index in [9.17, 15) is 0 Å². The molecule has 2 rings (SSSR count). The molecule has 0 bridgehead atoms. The molecule has 0 spiro atoms. The van der Waals surface area contributed by atoms with Gasteiger partial charge in [-0.05, 0) is 18.2 Å². The van der Waals surface area contributed by atoms with E-state index in [1.165, 1.54) is 0 Å². The molecule has 3 heteroatoms. The van der Waals surface area contributed by atoms with Crippen LogP contribution in [0.3, 0.4) is 0 Å². The first kappa shape index (κ1) is 9.93. The van der Waals surface area contributed by atoms with E-state index >= 15 is 0 Å². The quantitative estimate of drug-likeness (QED) is 0.785. The smallest absolute Gasteiger partial charge is 0.129 e. The molecule has 1 aromatic heterocycles. The molecule has 0 fully saturated rings. The van der Waals surface area contributed by atoms with Crippen LogP contribution >= 0.6 is 11.3 Å². The highest BCUT2D eigenvalue weighted by atomic mass is 32.1. The van der Waals surface area contributed by atoms with E-state index in [1.54, 1.807) is 24.5 Å². The van der Waals surface area contributed by atoms with Crippen molar-refractivity contribution < 1.29 is 4.74 Å². The Labute approximate surface area is 92.9 Å². The summed E-state index contributed by atoms with van der Waals surface area (Å²) in [5.41, 5.74) is 1.93. The van der Waals surface area contributed by atoms with Crippen LogP contribution in [-0.2, 0) is 0 Å². The Morgan fingerprint density at radius 1 is 1.40 bits per heavy atom. The minimum atomic E-state index is 0.850. The summed E-state index contributed by atoms with van der Waals surface area (Å²) in [4.78, 5) is 4.43. The van der Waals surface area contributed by atoms with Gasteiger partial charge in [0.15, 0.2) is 0 Å². The zero-order valence-corrected chi connectivity index (χ0v) is 9.25. The fraction of sp³-hybridized carbons (Fsp3) is 0.0833. The van der Waals surface area contributed by atoms with Crippen LogP contribution in [0.2, 0.25) is 0 Å². The third-order valence-electron chi connectivity index (χ3n) is 2.07. The Hall–Kier alpha value is -1.61. The number of aromatic nitrogens is 1. The molecular formula is C12H11NOS. The summed E-state index contributed by atoms with van der Waals surface area (Å²) >= 11 is 1.59. The minimum absolute atomic E-state index is 0.850.